The van der Waals surface area contributed by atoms with E-state index in [0.717, 1.165) is 26.8 Å². The molecule has 0 bridgehead atoms. The number of fused-ring (bicyclic) bond motifs is 1. The summed E-state index contributed by atoms with van der Waals surface area (Å²) in [6.45, 7) is 2.43. The molecule has 5 rings (SSSR count). The third-order valence-corrected chi connectivity index (χ3v) is 7.43. The van der Waals surface area contributed by atoms with E-state index in [1.165, 1.54) is 22.5 Å². The van der Waals surface area contributed by atoms with Gasteiger partial charge in [-0.2, -0.15) is 0 Å². The maximum Gasteiger partial charge on any atom is 0.308 e. The maximum absolute atomic E-state index is 12.7. The van der Waals surface area contributed by atoms with Crippen LogP contribution in [0.2, 0.25) is 5.02 Å². The Labute approximate surface area is 198 Å². The zero-order chi connectivity index (χ0) is 22.1. The van der Waals surface area contributed by atoms with Gasteiger partial charge >= 0.3 is 4.87 Å². The molecule has 0 N–H and O–H groups in total. The Kier molecular flexibility index (Phi) is 5.87. The predicted molar refractivity (Wildman–Crippen MR) is 132 cm³/mol. The zero-order valence-corrected chi connectivity index (χ0v) is 19.6. The van der Waals surface area contributed by atoms with Crippen LogP contribution in [0.1, 0.15) is 17.0 Å². The third-order valence-electron chi connectivity index (χ3n) is 5.26. The Morgan fingerprint density at radius 3 is 2.66 bits per heavy atom. The molecule has 0 atom stereocenters. The molecule has 2 aromatic heterocycles. The highest BCUT2D eigenvalue weighted by atomic mass is 35.5. The van der Waals surface area contributed by atoms with Gasteiger partial charge in [-0.15, -0.1) is 10.2 Å². The lowest BCUT2D eigenvalue weighted by atomic mass is 10.1. The summed E-state index contributed by atoms with van der Waals surface area (Å²) in [5.74, 6) is 1.46. The summed E-state index contributed by atoms with van der Waals surface area (Å²) >= 11 is 9.15. The van der Waals surface area contributed by atoms with Crippen molar-refractivity contribution >= 4 is 44.9 Å². The second kappa shape index (κ2) is 8.94. The molecule has 5 nitrogen and oxygen atoms in total. The van der Waals surface area contributed by atoms with Gasteiger partial charge < -0.3 is 0 Å². The summed E-state index contributed by atoms with van der Waals surface area (Å²) in [6.07, 6.45) is 0. The molecular formula is C24H19ClN4OS2. The fraction of sp³-hybridized carbons (Fsp3) is 0.125. The minimum atomic E-state index is -0.0130. The Balaban J connectivity index is 1.56. The first kappa shape index (κ1) is 21.0. The highest BCUT2D eigenvalue weighted by Crippen LogP contribution is 2.28. The first-order valence-corrected chi connectivity index (χ1v) is 12.2. The van der Waals surface area contributed by atoms with E-state index in [1.807, 2.05) is 65.2 Å². The Morgan fingerprint density at radius 1 is 1.00 bits per heavy atom. The fourth-order valence-corrected chi connectivity index (χ4v) is 5.71. The smallest absolute Gasteiger partial charge is 0.291 e. The number of hydrogen-bond donors (Lipinski definition) is 0. The van der Waals surface area contributed by atoms with Gasteiger partial charge in [0.25, 0.3) is 0 Å². The van der Waals surface area contributed by atoms with Gasteiger partial charge in [-0.3, -0.25) is 13.9 Å². The number of hydrogen-bond acceptors (Lipinski definition) is 5. The molecular weight excluding hydrogens is 460 g/mol. The van der Waals surface area contributed by atoms with Crippen LogP contribution in [0.3, 0.4) is 0 Å². The topological polar surface area (TPSA) is 52.7 Å². The number of rotatable bonds is 6. The van der Waals surface area contributed by atoms with Crippen LogP contribution in [0.15, 0.2) is 82.7 Å². The lowest BCUT2D eigenvalue weighted by Crippen LogP contribution is -2.16. The second-order valence-electron chi connectivity index (χ2n) is 7.35. The van der Waals surface area contributed by atoms with Crippen molar-refractivity contribution in [2.75, 3.05) is 0 Å². The van der Waals surface area contributed by atoms with E-state index in [1.54, 1.807) is 16.3 Å². The highest BCUT2D eigenvalue weighted by Gasteiger charge is 2.18. The van der Waals surface area contributed by atoms with Crippen molar-refractivity contribution in [1.29, 1.82) is 0 Å². The van der Waals surface area contributed by atoms with Crippen LogP contribution in [0, 0.1) is 6.92 Å². The molecule has 0 saturated carbocycles. The van der Waals surface area contributed by atoms with Crippen LogP contribution in [0.25, 0.3) is 15.9 Å². The van der Waals surface area contributed by atoms with Crippen molar-refractivity contribution < 1.29 is 0 Å². The summed E-state index contributed by atoms with van der Waals surface area (Å²) in [5.41, 5.74) is 4.26. The molecule has 160 valence electrons. The summed E-state index contributed by atoms with van der Waals surface area (Å²) in [7, 11) is 0. The first-order valence-electron chi connectivity index (χ1n) is 10.1. The molecule has 0 fully saturated rings. The van der Waals surface area contributed by atoms with Crippen molar-refractivity contribution in [1.82, 2.24) is 19.3 Å². The van der Waals surface area contributed by atoms with Crippen LogP contribution in [0.5, 0.6) is 0 Å². The lowest BCUT2D eigenvalue weighted by Gasteiger charge is -2.12. The van der Waals surface area contributed by atoms with E-state index < -0.39 is 0 Å². The number of aromatic nitrogens is 4. The Bertz CT molecular complexity index is 1470. The normalized spacial score (nSPS) is 11.3. The molecule has 3 aromatic carbocycles. The van der Waals surface area contributed by atoms with Crippen LogP contribution >= 0.6 is 34.7 Å². The number of thioether (sulfide) groups is 1. The van der Waals surface area contributed by atoms with E-state index in [9.17, 15) is 4.79 Å². The lowest BCUT2D eigenvalue weighted by molar-refractivity contribution is 0.726. The van der Waals surface area contributed by atoms with Gasteiger partial charge in [0.05, 0.1) is 22.4 Å². The average Bonchev–Trinajstić information content (AvgIpc) is 3.34. The molecule has 0 unspecified atom stereocenters. The van der Waals surface area contributed by atoms with Crippen LogP contribution in [-0.4, -0.2) is 19.3 Å². The highest BCUT2D eigenvalue weighted by molar-refractivity contribution is 7.98. The molecule has 5 aromatic rings. The largest absolute Gasteiger partial charge is 0.308 e. The molecule has 0 aliphatic carbocycles. The number of benzene rings is 3. The molecule has 0 aliphatic rings. The quantitative estimate of drug-likeness (QED) is 0.283. The van der Waals surface area contributed by atoms with E-state index in [-0.39, 0.29) is 4.87 Å². The van der Waals surface area contributed by atoms with E-state index in [2.05, 4.69) is 29.3 Å². The number of nitrogens with zero attached hydrogens (tertiary/aromatic N) is 4. The Hall–Kier alpha value is -2.87. The van der Waals surface area contributed by atoms with E-state index in [4.69, 9.17) is 11.6 Å². The van der Waals surface area contributed by atoms with Gasteiger partial charge in [-0.05, 0) is 48.4 Å². The first-order chi connectivity index (χ1) is 15.6. The van der Waals surface area contributed by atoms with Crippen LogP contribution in [0.4, 0.5) is 0 Å². The third kappa shape index (κ3) is 4.11. The minimum absolute atomic E-state index is 0.0130. The summed E-state index contributed by atoms with van der Waals surface area (Å²) in [6, 6.07) is 23.7. The van der Waals surface area contributed by atoms with E-state index >= 15 is 0 Å². The second-order valence-corrected chi connectivity index (χ2v) is 9.72. The Morgan fingerprint density at radius 2 is 1.81 bits per heavy atom. The van der Waals surface area contributed by atoms with Crippen LogP contribution in [-0.2, 0) is 12.3 Å². The van der Waals surface area contributed by atoms with Gasteiger partial charge in [0.2, 0.25) is 0 Å². The molecule has 0 spiro atoms. The molecule has 0 aliphatic heterocycles. The zero-order valence-electron chi connectivity index (χ0n) is 17.2. The van der Waals surface area contributed by atoms with E-state index in [0.29, 0.717) is 17.4 Å². The van der Waals surface area contributed by atoms with Gasteiger partial charge in [0.15, 0.2) is 11.0 Å². The van der Waals surface area contributed by atoms with Crippen molar-refractivity contribution in [3.8, 4) is 5.69 Å². The van der Waals surface area contributed by atoms with Crippen molar-refractivity contribution in [3.63, 3.8) is 0 Å². The monoisotopic (exact) mass is 478 g/mol. The molecule has 0 saturated heterocycles. The molecule has 0 radical (unpaired) electrons. The predicted octanol–water partition coefficient (Wildman–Crippen LogP) is 5.95. The van der Waals surface area contributed by atoms with Gasteiger partial charge in [0, 0.05) is 10.8 Å². The summed E-state index contributed by atoms with van der Waals surface area (Å²) in [4.78, 5) is 12.7. The van der Waals surface area contributed by atoms with Crippen molar-refractivity contribution in [2.45, 2.75) is 24.4 Å². The standard InChI is InChI=1S/C24H19ClN4OS2/c1-16-7-2-3-8-17(16)15-31-23-27-26-22(29(23)19-10-6-9-18(25)13-19)14-28-20-11-4-5-12-21(20)32-24(28)30/h2-13H,14-15H2,1H3. The van der Waals surface area contributed by atoms with Crippen LogP contribution < -0.4 is 4.87 Å². The fourth-order valence-electron chi connectivity index (χ4n) is 3.59. The minimum Gasteiger partial charge on any atom is -0.291 e. The molecule has 8 heteroatoms. The number of halogens is 1. The maximum atomic E-state index is 12.7. The van der Waals surface area contributed by atoms with Gasteiger partial charge in [-0.1, -0.05) is 77.2 Å². The van der Waals surface area contributed by atoms with Gasteiger partial charge in [-0.25, -0.2) is 0 Å². The van der Waals surface area contributed by atoms with Gasteiger partial charge in [0.1, 0.15) is 0 Å². The summed E-state index contributed by atoms with van der Waals surface area (Å²) < 4.78 is 4.70. The van der Waals surface area contributed by atoms with Crippen molar-refractivity contribution in [3.05, 3.63) is 104 Å². The SMILES string of the molecule is Cc1ccccc1CSc1nnc(Cn2c(=O)sc3ccccc32)n1-c1cccc(Cl)c1. The molecule has 0 amide bonds. The van der Waals surface area contributed by atoms with Crippen molar-refractivity contribution in [2.24, 2.45) is 0 Å². The molecule has 2 heterocycles. The average molecular weight is 479 g/mol. The number of thiazole rings is 1. The number of aryl methyl sites for hydroxylation is 1. The number of para-hydroxylation sites is 1. The summed E-state index contributed by atoms with van der Waals surface area (Å²) in [5, 5.41) is 10.3. The molecule has 32 heavy (non-hydrogen) atoms.